The molecule has 8 heteroatoms. The normalized spacial score (nSPS) is 19.1. The van der Waals surface area contributed by atoms with Crippen LogP contribution in [0.5, 0.6) is 0 Å². The van der Waals surface area contributed by atoms with Crippen LogP contribution in [0.25, 0.3) is 0 Å². The number of amidine groups is 1. The molecule has 2 atom stereocenters. The van der Waals surface area contributed by atoms with Crippen LogP contribution < -0.4 is 5.32 Å². The van der Waals surface area contributed by atoms with E-state index in [0.717, 1.165) is 22.8 Å². The number of hydrogen-bond donors (Lipinski definition) is 1. The summed E-state index contributed by atoms with van der Waals surface area (Å²) in [6.45, 7) is 7.87. The highest BCUT2D eigenvalue weighted by Gasteiger charge is 2.41. The predicted molar refractivity (Wildman–Crippen MR) is 121 cm³/mol. The number of ether oxygens (including phenoxy) is 1. The molecule has 2 aliphatic rings. The first-order valence-corrected chi connectivity index (χ1v) is 11.3. The van der Waals surface area contributed by atoms with Crippen molar-refractivity contribution in [3.8, 4) is 0 Å². The molecule has 1 aromatic rings. The van der Waals surface area contributed by atoms with Gasteiger partial charge in [-0.2, -0.15) is 0 Å². The van der Waals surface area contributed by atoms with E-state index in [1.165, 1.54) is 11.8 Å². The highest BCUT2D eigenvalue weighted by Crippen LogP contribution is 2.44. The van der Waals surface area contributed by atoms with Crippen molar-refractivity contribution in [2.75, 3.05) is 6.61 Å². The molecule has 1 aromatic carbocycles. The molecular formula is C22H26ClN3O3S. The number of thioether (sulfide) groups is 1. The second-order valence-electron chi connectivity index (χ2n) is 7.22. The third-order valence-corrected chi connectivity index (χ3v) is 6.18. The van der Waals surface area contributed by atoms with Crippen molar-refractivity contribution >= 4 is 40.4 Å². The SMILES string of the molecule is CCOC(=O)C1=C(C)N=C2SC=C(CC(=O)NC(C)CC)N2C1c1ccc(Cl)cc1. The number of esters is 1. The molecule has 1 amide bonds. The molecule has 0 aliphatic carbocycles. The van der Waals surface area contributed by atoms with Gasteiger partial charge in [-0.25, -0.2) is 9.79 Å². The van der Waals surface area contributed by atoms with Crippen LogP contribution >= 0.6 is 23.4 Å². The van der Waals surface area contributed by atoms with Crippen LogP contribution in [-0.2, 0) is 14.3 Å². The van der Waals surface area contributed by atoms with Crippen molar-refractivity contribution in [1.29, 1.82) is 0 Å². The lowest BCUT2D eigenvalue weighted by Crippen LogP contribution is -2.39. The number of allylic oxidation sites excluding steroid dienone is 1. The fraction of sp³-hybridized carbons (Fsp3) is 0.409. The number of amides is 1. The van der Waals surface area contributed by atoms with Gasteiger partial charge in [-0.15, -0.1) is 0 Å². The van der Waals surface area contributed by atoms with Gasteiger partial charge < -0.3 is 15.0 Å². The number of aliphatic imine (C=N–C) groups is 1. The first kappa shape index (κ1) is 22.4. The van der Waals surface area contributed by atoms with Crippen molar-refractivity contribution in [2.45, 2.75) is 52.6 Å². The highest BCUT2D eigenvalue weighted by atomic mass is 35.5. The molecule has 2 heterocycles. The van der Waals surface area contributed by atoms with Crippen LogP contribution in [0, 0.1) is 0 Å². The predicted octanol–water partition coefficient (Wildman–Crippen LogP) is 4.78. The monoisotopic (exact) mass is 447 g/mol. The maximum absolute atomic E-state index is 12.9. The Morgan fingerprint density at radius 1 is 1.30 bits per heavy atom. The summed E-state index contributed by atoms with van der Waals surface area (Å²) in [5.74, 6) is -0.464. The maximum atomic E-state index is 12.9. The first-order chi connectivity index (χ1) is 14.3. The average molecular weight is 448 g/mol. The summed E-state index contributed by atoms with van der Waals surface area (Å²) < 4.78 is 5.33. The minimum Gasteiger partial charge on any atom is -0.463 e. The van der Waals surface area contributed by atoms with Gasteiger partial charge in [0, 0.05) is 16.8 Å². The zero-order valence-corrected chi connectivity index (χ0v) is 19.1. The lowest BCUT2D eigenvalue weighted by atomic mass is 9.94. The van der Waals surface area contributed by atoms with Gasteiger partial charge in [0.2, 0.25) is 5.91 Å². The Morgan fingerprint density at radius 2 is 2.00 bits per heavy atom. The van der Waals surface area contributed by atoms with E-state index in [1.54, 1.807) is 19.1 Å². The van der Waals surface area contributed by atoms with Crippen LogP contribution in [-0.4, -0.2) is 34.6 Å². The van der Waals surface area contributed by atoms with E-state index < -0.39 is 12.0 Å². The van der Waals surface area contributed by atoms with Gasteiger partial charge >= 0.3 is 5.97 Å². The summed E-state index contributed by atoms with van der Waals surface area (Å²) in [4.78, 5) is 32.0. The Kier molecular flexibility index (Phi) is 7.26. The number of fused-ring (bicyclic) bond motifs is 1. The Bertz CT molecular complexity index is 924. The van der Waals surface area contributed by atoms with E-state index in [9.17, 15) is 9.59 Å². The average Bonchev–Trinajstić information content (AvgIpc) is 3.09. The largest absolute Gasteiger partial charge is 0.463 e. The Hall–Kier alpha value is -2.25. The van der Waals surface area contributed by atoms with E-state index in [0.29, 0.717) is 16.3 Å². The summed E-state index contributed by atoms with van der Waals surface area (Å²) in [7, 11) is 0. The van der Waals surface area contributed by atoms with Crippen molar-refractivity contribution in [1.82, 2.24) is 10.2 Å². The summed E-state index contributed by atoms with van der Waals surface area (Å²) in [6.07, 6.45) is 1.06. The molecule has 6 nitrogen and oxygen atoms in total. The number of halogens is 1. The van der Waals surface area contributed by atoms with Gasteiger partial charge in [0.15, 0.2) is 5.17 Å². The molecule has 30 heavy (non-hydrogen) atoms. The van der Waals surface area contributed by atoms with Gasteiger partial charge in [-0.3, -0.25) is 4.79 Å². The minimum absolute atomic E-state index is 0.0590. The third-order valence-electron chi connectivity index (χ3n) is 5.04. The molecule has 0 fully saturated rings. The molecule has 0 saturated carbocycles. The quantitative estimate of drug-likeness (QED) is 0.609. The molecule has 2 aliphatic heterocycles. The van der Waals surface area contributed by atoms with E-state index >= 15 is 0 Å². The summed E-state index contributed by atoms with van der Waals surface area (Å²) in [5.41, 5.74) is 2.77. The van der Waals surface area contributed by atoms with Crippen LogP contribution in [0.4, 0.5) is 0 Å². The van der Waals surface area contributed by atoms with Gasteiger partial charge in [0.05, 0.1) is 30.3 Å². The third kappa shape index (κ3) is 4.73. The van der Waals surface area contributed by atoms with Gasteiger partial charge in [0.25, 0.3) is 0 Å². The molecular weight excluding hydrogens is 422 g/mol. The number of carbonyl (C=O) groups excluding carboxylic acids is 2. The fourth-order valence-electron chi connectivity index (χ4n) is 3.39. The Balaban J connectivity index is 1.99. The first-order valence-electron chi connectivity index (χ1n) is 10.0. The number of benzene rings is 1. The summed E-state index contributed by atoms with van der Waals surface area (Å²) >= 11 is 7.54. The van der Waals surface area contributed by atoms with E-state index in [-0.39, 0.29) is 25.0 Å². The molecule has 0 aromatic heterocycles. The second kappa shape index (κ2) is 9.71. The highest BCUT2D eigenvalue weighted by molar-refractivity contribution is 8.16. The Morgan fingerprint density at radius 3 is 2.63 bits per heavy atom. The standard InChI is InChI=1S/C22H26ClN3O3S/c1-5-13(3)24-18(27)11-17-12-30-22-25-14(4)19(21(28)29-6-2)20(26(17)22)15-7-9-16(23)10-8-15/h7-10,12-13,20H,5-6,11H2,1-4H3,(H,24,27). The van der Waals surface area contributed by atoms with Gasteiger partial charge in [-0.05, 0) is 50.3 Å². The summed E-state index contributed by atoms with van der Waals surface area (Å²) in [6, 6.07) is 7.04. The number of hydrogen-bond acceptors (Lipinski definition) is 6. The van der Waals surface area contributed by atoms with Crippen LogP contribution in [0.3, 0.4) is 0 Å². The van der Waals surface area contributed by atoms with Crippen molar-refractivity contribution in [3.63, 3.8) is 0 Å². The fourth-order valence-corrected chi connectivity index (χ4v) is 4.48. The van der Waals surface area contributed by atoms with Crippen molar-refractivity contribution in [2.24, 2.45) is 4.99 Å². The van der Waals surface area contributed by atoms with Crippen LogP contribution in [0.15, 0.2) is 51.6 Å². The van der Waals surface area contributed by atoms with Crippen LogP contribution in [0.2, 0.25) is 5.02 Å². The molecule has 3 rings (SSSR count). The summed E-state index contributed by atoms with van der Waals surface area (Å²) in [5, 5.41) is 6.29. The van der Waals surface area contributed by atoms with Crippen molar-refractivity contribution < 1.29 is 14.3 Å². The molecule has 0 bridgehead atoms. The second-order valence-corrected chi connectivity index (χ2v) is 8.49. The molecule has 0 saturated heterocycles. The number of rotatable bonds is 7. The van der Waals surface area contributed by atoms with E-state index in [2.05, 4.69) is 10.3 Å². The zero-order chi connectivity index (χ0) is 21.8. The van der Waals surface area contributed by atoms with Crippen molar-refractivity contribution in [3.05, 3.63) is 57.2 Å². The van der Waals surface area contributed by atoms with Gasteiger partial charge in [0.1, 0.15) is 0 Å². The number of carbonyl (C=O) groups is 2. The van der Waals surface area contributed by atoms with E-state index in [4.69, 9.17) is 16.3 Å². The van der Waals surface area contributed by atoms with Gasteiger partial charge in [-0.1, -0.05) is 42.4 Å². The smallest absolute Gasteiger partial charge is 0.338 e. The van der Waals surface area contributed by atoms with E-state index in [1.807, 2.05) is 43.2 Å². The molecule has 1 N–H and O–H groups in total. The van der Waals surface area contributed by atoms with Crippen LogP contribution in [0.1, 0.15) is 52.1 Å². The Labute approximate surface area is 186 Å². The topological polar surface area (TPSA) is 71.0 Å². The maximum Gasteiger partial charge on any atom is 0.338 e. The molecule has 2 unspecified atom stereocenters. The molecule has 0 radical (unpaired) electrons. The molecule has 160 valence electrons. The lowest BCUT2D eigenvalue weighted by molar-refractivity contribution is -0.139. The lowest BCUT2D eigenvalue weighted by Gasteiger charge is -2.36. The number of nitrogens with one attached hydrogen (secondary N) is 1. The zero-order valence-electron chi connectivity index (χ0n) is 17.6. The number of nitrogens with zero attached hydrogens (tertiary/aromatic N) is 2. The minimum atomic E-state index is -0.438. The molecule has 0 spiro atoms.